The molecule has 0 amide bonds. The summed E-state index contributed by atoms with van der Waals surface area (Å²) in [6.45, 7) is 0. The number of fused-ring (bicyclic) bond motifs is 1. The fourth-order valence-corrected chi connectivity index (χ4v) is 1.41. The van der Waals surface area contributed by atoms with Crippen LogP contribution in [0.2, 0.25) is 0 Å². The fourth-order valence-electron chi connectivity index (χ4n) is 1.41. The van der Waals surface area contributed by atoms with Crippen molar-refractivity contribution in [3.8, 4) is 5.75 Å². The third-order valence-corrected chi connectivity index (χ3v) is 1.98. The summed E-state index contributed by atoms with van der Waals surface area (Å²) < 4.78 is 4.84. The van der Waals surface area contributed by atoms with Gasteiger partial charge in [-0.2, -0.15) is 0 Å². The van der Waals surface area contributed by atoms with Gasteiger partial charge in [-0.3, -0.25) is 0 Å². The Morgan fingerprint density at radius 3 is 2.33 bits per heavy atom. The number of hydrogen-bond donors (Lipinski definition) is 2. The second kappa shape index (κ2) is 5.24. The summed E-state index contributed by atoms with van der Waals surface area (Å²) in [5, 5.41) is 19.3. The van der Waals surface area contributed by atoms with Crippen LogP contribution in [0.5, 0.6) is 5.75 Å². The minimum absolute atomic E-state index is 0. The number of hydrogen-bond acceptors (Lipinski definition) is 3. The maximum absolute atomic E-state index is 8.70. The first-order valence-electron chi connectivity index (χ1n) is 4.28. The van der Waals surface area contributed by atoms with Gasteiger partial charge >= 0.3 is 26.2 Å². The zero-order valence-corrected chi connectivity index (χ0v) is 7.42. The third-order valence-electron chi connectivity index (χ3n) is 1.98. The van der Waals surface area contributed by atoms with E-state index in [0.29, 0.717) is 5.75 Å². The second-order valence-electron chi connectivity index (χ2n) is 2.92. The zero-order chi connectivity index (χ0) is 9.97. The van der Waals surface area contributed by atoms with Crippen LogP contribution >= 0.6 is 0 Å². The third kappa shape index (κ3) is 2.77. The van der Waals surface area contributed by atoms with E-state index in [2.05, 4.69) is 0 Å². The summed E-state index contributed by atoms with van der Waals surface area (Å²) in [5.74, 6) is 0.470. The Morgan fingerprint density at radius 1 is 0.933 bits per heavy atom. The van der Waals surface area contributed by atoms with Crippen molar-refractivity contribution in [2.45, 2.75) is 0 Å². The molecule has 0 unspecified atom stereocenters. The average Bonchev–Trinajstić information content (AvgIpc) is 2.18. The van der Waals surface area contributed by atoms with Gasteiger partial charge < -0.3 is 14.7 Å². The molecule has 2 aromatic rings. The van der Waals surface area contributed by atoms with E-state index >= 15 is 0 Å². The Labute approximate surface area is 100 Å². The molecular weight excluding hydrogens is 186 g/mol. The van der Waals surface area contributed by atoms with Gasteiger partial charge in [0, 0.05) is 5.39 Å². The van der Waals surface area contributed by atoms with Crippen LogP contribution in [-0.4, -0.2) is 36.2 Å². The molecule has 0 bridgehead atoms. The minimum atomic E-state index is -1.78. The second-order valence-corrected chi connectivity index (χ2v) is 2.92. The first-order chi connectivity index (χ1) is 6.77. The molecule has 2 N–H and O–H groups in total. The van der Waals surface area contributed by atoms with Crippen molar-refractivity contribution in [3.05, 3.63) is 42.5 Å². The van der Waals surface area contributed by atoms with Crippen molar-refractivity contribution in [2.24, 2.45) is 0 Å². The van der Waals surface area contributed by atoms with E-state index in [-0.39, 0.29) is 18.9 Å². The molecule has 2 aromatic carbocycles. The van der Waals surface area contributed by atoms with Gasteiger partial charge in [-0.05, 0) is 11.5 Å². The molecule has 0 fully saturated rings. The Balaban J connectivity index is 0.00000112. The summed E-state index contributed by atoms with van der Waals surface area (Å²) >= 11 is 0. The molecular formula is C10H10BLiO3. The summed E-state index contributed by atoms with van der Waals surface area (Å²) in [5.41, 5.74) is 0. The summed E-state index contributed by atoms with van der Waals surface area (Å²) in [7, 11) is -1.78. The van der Waals surface area contributed by atoms with Crippen molar-refractivity contribution >= 4 is 37.0 Å². The van der Waals surface area contributed by atoms with E-state index < -0.39 is 7.32 Å². The monoisotopic (exact) mass is 196 g/mol. The molecule has 0 aliphatic rings. The maximum atomic E-state index is 8.70. The molecule has 5 heteroatoms. The fraction of sp³-hybridized carbons (Fsp3) is 0. The molecule has 0 heterocycles. The molecule has 0 spiro atoms. The predicted octanol–water partition coefficient (Wildman–Crippen LogP) is 0.540. The van der Waals surface area contributed by atoms with Gasteiger partial charge in [0.2, 0.25) is 0 Å². The average molecular weight is 196 g/mol. The first kappa shape index (κ1) is 12.2. The van der Waals surface area contributed by atoms with Crippen molar-refractivity contribution in [1.29, 1.82) is 0 Å². The van der Waals surface area contributed by atoms with E-state index in [4.69, 9.17) is 14.7 Å². The SMILES string of the molecule is OB(O)Oc1cccc2ccccc12.[LiH]. The van der Waals surface area contributed by atoms with Crippen molar-refractivity contribution < 1.29 is 14.7 Å². The van der Waals surface area contributed by atoms with Gasteiger partial charge in [-0.25, -0.2) is 0 Å². The molecule has 0 aromatic heterocycles. The standard InChI is InChI=1S/C10H9BO3.Li.H/c12-11(13)14-10-7-3-5-8-4-1-2-6-9(8)10;;/h1-7,12-13H;;. The molecule has 0 aliphatic carbocycles. The van der Waals surface area contributed by atoms with Crippen molar-refractivity contribution in [1.82, 2.24) is 0 Å². The first-order valence-corrected chi connectivity index (χ1v) is 4.28. The Hall–Kier alpha value is -0.918. The Kier molecular flexibility index (Phi) is 4.25. The Bertz CT molecular complexity index is 442. The van der Waals surface area contributed by atoms with Crippen LogP contribution in [-0.2, 0) is 0 Å². The molecule has 3 nitrogen and oxygen atoms in total. The van der Waals surface area contributed by atoms with Gasteiger partial charge in [-0.15, -0.1) is 0 Å². The van der Waals surface area contributed by atoms with Crippen LogP contribution in [0.4, 0.5) is 0 Å². The molecule has 0 atom stereocenters. The van der Waals surface area contributed by atoms with Crippen LogP contribution in [0.1, 0.15) is 0 Å². The van der Waals surface area contributed by atoms with Crippen LogP contribution in [0.25, 0.3) is 10.8 Å². The van der Waals surface area contributed by atoms with Crippen LogP contribution < -0.4 is 4.65 Å². The van der Waals surface area contributed by atoms with E-state index in [9.17, 15) is 0 Å². The Morgan fingerprint density at radius 2 is 1.60 bits per heavy atom. The molecule has 0 radical (unpaired) electrons. The normalized spacial score (nSPS) is 9.47. The van der Waals surface area contributed by atoms with Gasteiger partial charge in [0.25, 0.3) is 0 Å². The summed E-state index contributed by atoms with van der Waals surface area (Å²) in [4.78, 5) is 0. The van der Waals surface area contributed by atoms with Gasteiger partial charge in [-0.1, -0.05) is 36.4 Å². The van der Waals surface area contributed by atoms with Crippen LogP contribution in [0.3, 0.4) is 0 Å². The number of rotatable bonds is 2. The van der Waals surface area contributed by atoms with Crippen LogP contribution in [0.15, 0.2) is 42.5 Å². The molecule has 0 aliphatic heterocycles. The quantitative estimate of drug-likeness (QED) is 0.689. The van der Waals surface area contributed by atoms with E-state index in [1.165, 1.54) is 0 Å². The zero-order valence-electron chi connectivity index (χ0n) is 7.42. The van der Waals surface area contributed by atoms with Gasteiger partial charge in [0.05, 0.1) is 0 Å². The molecule has 72 valence electrons. The summed E-state index contributed by atoms with van der Waals surface area (Å²) in [6, 6.07) is 13.0. The van der Waals surface area contributed by atoms with E-state index in [0.717, 1.165) is 10.8 Å². The van der Waals surface area contributed by atoms with Gasteiger partial charge in [0.1, 0.15) is 5.75 Å². The van der Waals surface area contributed by atoms with E-state index in [1.54, 1.807) is 12.1 Å². The topological polar surface area (TPSA) is 49.7 Å². The molecule has 15 heavy (non-hydrogen) atoms. The van der Waals surface area contributed by atoms with E-state index in [1.807, 2.05) is 30.3 Å². The number of benzene rings is 2. The molecule has 2 rings (SSSR count). The predicted molar refractivity (Wildman–Crippen MR) is 61.9 cm³/mol. The van der Waals surface area contributed by atoms with Crippen molar-refractivity contribution in [2.75, 3.05) is 0 Å². The van der Waals surface area contributed by atoms with Gasteiger partial charge in [0.15, 0.2) is 0 Å². The van der Waals surface area contributed by atoms with Crippen LogP contribution in [0, 0.1) is 0 Å². The van der Waals surface area contributed by atoms with Crippen molar-refractivity contribution in [3.63, 3.8) is 0 Å². The molecule has 0 saturated carbocycles. The molecule has 0 saturated heterocycles. The summed E-state index contributed by atoms with van der Waals surface area (Å²) in [6.07, 6.45) is 0.